The summed E-state index contributed by atoms with van der Waals surface area (Å²) in [5.41, 5.74) is 0. The maximum Gasteiger partial charge on any atom is 0.192 e. The first-order valence-corrected chi connectivity index (χ1v) is 45.2. The van der Waals surface area contributed by atoms with Crippen LogP contribution >= 0.6 is 0 Å². The van der Waals surface area contributed by atoms with Gasteiger partial charge in [0.15, 0.2) is 8.32 Å². The molecular weight excluding hydrogens is 1570 g/mol. The van der Waals surface area contributed by atoms with Gasteiger partial charge in [-0.2, -0.15) is 0 Å². The maximum atomic E-state index is 6.10. The number of hydrogen-bond acceptors (Lipinski definition) is 37. The third-order valence-electron chi connectivity index (χ3n) is 15.6. The van der Waals surface area contributed by atoms with E-state index in [0.717, 1.165) is 6.54 Å². The zero-order valence-electron chi connectivity index (χ0n) is 73.1. The first-order valence-electron chi connectivity index (χ1n) is 42.3. The average molecular weight is 1730 g/mol. The molecule has 1 N–H and O–H groups in total. The van der Waals surface area contributed by atoms with Crippen molar-refractivity contribution in [2.75, 3.05) is 483 Å². The predicted molar refractivity (Wildman–Crippen MR) is 436 cm³/mol. The van der Waals surface area contributed by atoms with Gasteiger partial charge in [0.1, 0.15) is 0 Å². The molecule has 0 rings (SSSR count). The van der Waals surface area contributed by atoms with E-state index in [4.69, 9.17) is 170 Å². The largest absolute Gasteiger partial charge is 0.414 e. The number of hydrogen-bond donors (Lipinski definition) is 1. The summed E-state index contributed by atoms with van der Waals surface area (Å²) in [7, 11) is 0.174. The van der Waals surface area contributed by atoms with Gasteiger partial charge in [-0.3, -0.25) is 0 Å². The molecule has 0 spiro atoms. The first kappa shape index (κ1) is 116. The van der Waals surface area contributed by atoms with E-state index in [1.165, 1.54) is 0 Å². The van der Waals surface area contributed by atoms with Gasteiger partial charge in [0.05, 0.1) is 469 Å². The second-order valence-corrected chi connectivity index (χ2v) is 31.0. The lowest BCUT2D eigenvalue weighted by molar-refractivity contribution is -0.0327. The zero-order valence-corrected chi connectivity index (χ0v) is 74.1. The van der Waals surface area contributed by atoms with Crippen molar-refractivity contribution in [3.63, 3.8) is 0 Å². The molecule has 0 fully saturated rings. The Morgan fingerprint density at radius 1 is 0.137 bits per heavy atom. The number of nitrogens with one attached hydrogen (secondary N) is 1. The highest BCUT2D eigenvalue weighted by atomic mass is 28.4. The summed E-state index contributed by atoms with van der Waals surface area (Å²) >= 11 is 0. The van der Waals surface area contributed by atoms with E-state index in [2.05, 4.69) is 39.2 Å². The molecule has 0 aromatic rings. The summed E-state index contributed by atoms with van der Waals surface area (Å²) in [5, 5.41) is 3.23. The Balaban J connectivity index is 3.11. The molecule has 0 amide bonds. The molecule has 0 radical (unpaired) electrons. The van der Waals surface area contributed by atoms with Gasteiger partial charge in [0.2, 0.25) is 0 Å². The summed E-state index contributed by atoms with van der Waals surface area (Å²) in [6.45, 7) is 47.4. The van der Waals surface area contributed by atoms with Crippen molar-refractivity contribution < 1.29 is 170 Å². The van der Waals surface area contributed by atoms with Gasteiger partial charge in [-0.25, -0.2) is 0 Å². The molecule has 0 aromatic heterocycles. The zero-order chi connectivity index (χ0) is 84.1. The minimum Gasteiger partial charge on any atom is -0.414 e. The fourth-order valence-corrected chi connectivity index (χ4v) is 9.35. The Morgan fingerprint density at radius 2 is 0.214 bits per heavy atom. The van der Waals surface area contributed by atoms with Crippen LogP contribution in [0.4, 0.5) is 0 Å². The molecule has 0 aliphatic rings. The summed E-state index contributed by atoms with van der Waals surface area (Å²) in [6.07, 6.45) is 0. The molecule has 0 unspecified atom stereocenters. The molecule has 117 heavy (non-hydrogen) atoms. The van der Waals surface area contributed by atoms with E-state index >= 15 is 0 Å². The number of ether oxygens (including phenoxy) is 35. The monoisotopic (exact) mass is 1730 g/mol. The summed E-state index contributed by atoms with van der Waals surface area (Å²) < 4.78 is 200. The van der Waals surface area contributed by atoms with Crippen molar-refractivity contribution in [1.29, 1.82) is 0 Å². The van der Waals surface area contributed by atoms with Gasteiger partial charge in [0.25, 0.3) is 0 Å². The predicted octanol–water partition coefficient (Wildman–Crippen LogP) is 2.81. The van der Waals surface area contributed by atoms with Crippen LogP contribution in [0.25, 0.3) is 0 Å². The number of likely N-dealkylation sites (N-methyl/N-ethyl adjacent to an activating group) is 1. The van der Waals surface area contributed by atoms with Crippen LogP contribution in [0.3, 0.4) is 0 Å². The fourth-order valence-electron chi connectivity index (χ4n) is 8.33. The molecule has 0 saturated carbocycles. The molecular formula is C79H163NO36Si. The molecule has 0 heterocycles. The van der Waals surface area contributed by atoms with Crippen molar-refractivity contribution in [2.24, 2.45) is 0 Å². The SMILES string of the molecule is CNCCOCCOCCOCCOCCOCCOCCOCCOCCOCCOCCOCCOCCOCCOCCOCCOCCOCCOCCOCCOCCOCCOCCOCCOCCOCCOCCOCCOCCOCCOCCOCCOCCOCCOCCOCCO[Si](C)(C)C(C)(C)C. The van der Waals surface area contributed by atoms with E-state index in [1.807, 2.05) is 7.05 Å². The topological polar surface area (TPSA) is 344 Å². The standard InChI is InChI=1S/C79H163NO36Si/c1-79(2,3)117(5,6)116-78-77-115-76-75-114-74-73-113-72-71-112-70-69-111-68-67-110-66-65-109-64-63-108-62-61-107-60-59-106-58-57-105-56-55-104-54-53-103-52-51-102-50-49-101-48-47-100-46-45-99-44-43-98-42-41-97-40-39-96-38-37-95-36-35-94-34-33-93-32-31-92-30-29-91-28-27-90-26-25-89-24-23-88-22-21-87-20-19-86-18-17-85-16-15-84-14-13-83-12-11-82-10-9-81-8-7-80-4/h80H,7-78H2,1-6H3. The molecule has 0 aromatic carbocycles. The van der Waals surface area contributed by atoms with E-state index in [1.54, 1.807) is 0 Å². The molecule has 0 bridgehead atoms. The first-order chi connectivity index (χ1) is 57.8. The normalized spacial score (nSPS) is 12.2. The second-order valence-electron chi connectivity index (χ2n) is 26.1. The Labute approximate surface area is 702 Å². The van der Waals surface area contributed by atoms with E-state index in [-0.39, 0.29) is 5.04 Å². The molecule has 0 saturated heterocycles. The van der Waals surface area contributed by atoms with Crippen molar-refractivity contribution in [3.05, 3.63) is 0 Å². The summed E-state index contributed by atoms with van der Waals surface area (Å²) in [4.78, 5) is 0. The van der Waals surface area contributed by atoms with Crippen molar-refractivity contribution in [1.82, 2.24) is 5.32 Å². The smallest absolute Gasteiger partial charge is 0.192 e. The van der Waals surface area contributed by atoms with Crippen molar-refractivity contribution >= 4 is 8.32 Å². The Kier molecular flexibility index (Phi) is 102. The lowest BCUT2D eigenvalue weighted by Crippen LogP contribution is -2.41. The van der Waals surface area contributed by atoms with E-state index < -0.39 is 8.32 Å². The van der Waals surface area contributed by atoms with Gasteiger partial charge in [-0.05, 0) is 25.2 Å². The van der Waals surface area contributed by atoms with Crippen molar-refractivity contribution in [3.8, 4) is 0 Å². The van der Waals surface area contributed by atoms with Gasteiger partial charge in [-0.1, -0.05) is 20.8 Å². The van der Waals surface area contributed by atoms with Crippen LogP contribution < -0.4 is 5.32 Å². The van der Waals surface area contributed by atoms with Gasteiger partial charge >= 0.3 is 0 Å². The lowest BCUT2D eigenvalue weighted by Gasteiger charge is -2.36. The quantitative estimate of drug-likeness (QED) is 0.0676. The molecule has 704 valence electrons. The fraction of sp³-hybridized carbons (Fsp3) is 1.00. The third kappa shape index (κ3) is 103. The highest BCUT2D eigenvalue weighted by Crippen LogP contribution is 2.36. The van der Waals surface area contributed by atoms with Crippen LogP contribution in [0.15, 0.2) is 0 Å². The highest BCUT2D eigenvalue weighted by molar-refractivity contribution is 6.74. The Bertz CT molecular complexity index is 1740. The lowest BCUT2D eigenvalue weighted by atomic mass is 10.2. The molecule has 0 atom stereocenters. The van der Waals surface area contributed by atoms with Crippen molar-refractivity contribution in [2.45, 2.75) is 38.9 Å². The van der Waals surface area contributed by atoms with Gasteiger partial charge < -0.3 is 176 Å². The summed E-state index contributed by atoms with van der Waals surface area (Å²) in [6, 6.07) is 0. The number of rotatable bonds is 109. The molecule has 37 nitrogen and oxygen atoms in total. The highest BCUT2D eigenvalue weighted by Gasteiger charge is 2.37. The second kappa shape index (κ2) is 104. The van der Waals surface area contributed by atoms with Gasteiger partial charge in [0, 0.05) is 6.54 Å². The summed E-state index contributed by atoms with van der Waals surface area (Å²) in [5.74, 6) is 0. The Hall–Kier alpha value is -1.26. The van der Waals surface area contributed by atoms with Crippen LogP contribution in [0.1, 0.15) is 20.8 Å². The van der Waals surface area contributed by atoms with Crippen LogP contribution in [-0.2, 0) is 170 Å². The van der Waals surface area contributed by atoms with Crippen LogP contribution in [0, 0.1) is 0 Å². The average Bonchev–Trinajstić information content (AvgIpc) is 0.847. The third-order valence-corrected chi connectivity index (χ3v) is 20.2. The van der Waals surface area contributed by atoms with Crippen LogP contribution in [0.5, 0.6) is 0 Å². The minimum atomic E-state index is -1.72. The van der Waals surface area contributed by atoms with E-state index in [0.29, 0.717) is 469 Å². The van der Waals surface area contributed by atoms with Crippen LogP contribution in [0.2, 0.25) is 18.1 Å². The Morgan fingerprint density at radius 3 is 0.291 bits per heavy atom. The minimum absolute atomic E-state index is 0.204. The van der Waals surface area contributed by atoms with E-state index in [9.17, 15) is 0 Å². The molecule has 38 heteroatoms. The maximum absolute atomic E-state index is 6.10. The molecule has 0 aliphatic heterocycles. The van der Waals surface area contributed by atoms with Gasteiger partial charge in [-0.15, -0.1) is 0 Å². The molecule has 0 aliphatic carbocycles. The van der Waals surface area contributed by atoms with Crippen LogP contribution in [-0.4, -0.2) is 491 Å².